The molecule has 0 heterocycles. The van der Waals surface area contributed by atoms with Gasteiger partial charge in [0, 0.05) is 19.3 Å². The molecule has 0 saturated heterocycles. The first kappa shape index (κ1) is 16.1. The highest BCUT2D eigenvalue weighted by atomic mass is 16.3. The summed E-state index contributed by atoms with van der Waals surface area (Å²) in [4.78, 5) is 1.73. The van der Waals surface area contributed by atoms with Crippen LogP contribution in [0.5, 0.6) is 5.75 Å². The Balaban J connectivity index is 1.67. The maximum Gasteiger partial charge on any atom is 0.119 e. The lowest BCUT2D eigenvalue weighted by Crippen LogP contribution is -3.16. The van der Waals surface area contributed by atoms with Crippen LogP contribution in [0, 0.1) is 0 Å². The standard InChI is InChI=1S/C21H27NO/c1-2-14-22(15-13-17-7-4-3-5-8-17)19-11-12-20-18(16-19)9-6-10-21(20)23/h3-10,19,23H,2,11-16H2,1H3/p+1/t19-/m0/s1. The van der Waals surface area contributed by atoms with E-state index in [1.165, 1.54) is 42.6 Å². The van der Waals surface area contributed by atoms with Crippen molar-refractivity contribution in [3.63, 3.8) is 0 Å². The van der Waals surface area contributed by atoms with Crippen LogP contribution in [0.4, 0.5) is 0 Å². The molecular formula is C21H28NO+. The Bertz CT molecular complexity index is 623. The highest BCUT2D eigenvalue weighted by Gasteiger charge is 2.27. The molecule has 0 aliphatic heterocycles. The van der Waals surface area contributed by atoms with Crippen LogP contribution in [0.15, 0.2) is 48.5 Å². The number of phenols is 1. The molecule has 0 amide bonds. The third kappa shape index (κ3) is 3.94. The van der Waals surface area contributed by atoms with Crippen LogP contribution in [0.25, 0.3) is 0 Å². The summed E-state index contributed by atoms with van der Waals surface area (Å²) in [7, 11) is 0. The summed E-state index contributed by atoms with van der Waals surface area (Å²) in [6, 6.07) is 17.5. The normalized spacial score (nSPS) is 18.4. The molecule has 0 fully saturated rings. The number of aromatic hydroxyl groups is 1. The van der Waals surface area contributed by atoms with E-state index in [0.717, 1.165) is 19.3 Å². The van der Waals surface area contributed by atoms with E-state index in [9.17, 15) is 5.11 Å². The second-order valence-electron chi connectivity index (χ2n) is 6.75. The molecular weight excluding hydrogens is 282 g/mol. The minimum atomic E-state index is 0.488. The highest BCUT2D eigenvalue weighted by Crippen LogP contribution is 2.27. The zero-order valence-corrected chi connectivity index (χ0v) is 14.1. The minimum absolute atomic E-state index is 0.488. The Hall–Kier alpha value is -1.80. The Morgan fingerprint density at radius 2 is 1.87 bits per heavy atom. The van der Waals surface area contributed by atoms with Crippen molar-refractivity contribution in [3.05, 3.63) is 65.2 Å². The summed E-state index contributed by atoms with van der Waals surface area (Å²) in [6.07, 6.45) is 5.70. The fraction of sp³-hybridized carbons (Fsp3) is 0.429. The molecule has 0 saturated carbocycles. The molecule has 3 rings (SSSR count). The number of phenolic OH excluding ortho intramolecular Hbond substituents is 1. The Labute approximate surface area is 139 Å². The van der Waals surface area contributed by atoms with Crippen LogP contribution < -0.4 is 4.90 Å². The van der Waals surface area contributed by atoms with Crippen molar-refractivity contribution in [2.45, 2.75) is 45.1 Å². The van der Waals surface area contributed by atoms with Gasteiger partial charge in [-0.1, -0.05) is 49.4 Å². The van der Waals surface area contributed by atoms with Crippen molar-refractivity contribution >= 4 is 0 Å². The van der Waals surface area contributed by atoms with E-state index in [1.54, 1.807) is 4.90 Å². The zero-order chi connectivity index (χ0) is 16.1. The van der Waals surface area contributed by atoms with Gasteiger partial charge in [-0.05, 0) is 35.6 Å². The molecule has 2 aromatic carbocycles. The molecule has 0 spiro atoms. The van der Waals surface area contributed by atoms with Crippen LogP contribution in [-0.4, -0.2) is 24.2 Å². The van der Waals surface area contributed by atoms with E-state index >= 15 is 0 Å². The molecule has 122 valence electrons. The van der Waals surface area contributed by atoms with Gasteiger partial charge in [0.2, 0.25) is 0 Å². The van der Waals surface area contributed by atoms with E-state index in [1.807, 2.05) is 12.1 Å². The van der Waals surface area contributed by atoms with Crippen LogP contribution in [0.1, 0.15) is 36.5 Å². The molecule has 2 N–H and O–H groups in total. The van der Waals surface area contributed by atoms with Gasteiger partial charge in [0.05, 0.1) is 19.1 Å². The number of nitrogens with one attached hydrogen (secondary N) is 1. The van der Waals surface area contributed by atoms with E-state index in [2.05, 4.69) is 43.3 Å². The number of hydrogen-bond donors (Lipinski definition) is 2. The number of hydrogen-bond acceptors (Lipinski definition) is 1. The maximum absolute atomic E-state index is 10.0. The summed E-state index contributed by atoms with van der Waals surface area (Å²) in [5.74, 6) is 0.488. The molecule has 2 aromatic rings. The summed E-state index contributed by atoms with van der Waals surface area (Å²) < 4.78 is 0. The quantitative estimate of drug-likeness (QED) is 0.842. The number of rotatable bonds is 6. The zero-order valence-electron chi connectivity index (χ0n) is 14.1. The van der Waals surface area contributed by atoms with Crippen molar-refractivity contribution in [1.82, 2.24) is 0 Å². The molecule has 0 bridgehead atoms. The molecule has 2 atom stereocenters. The smallest absolute Gasteiger partial charge is 0.119 e. The third-order valence-electron chi connectivity index (χ3n) is 5.18. The first-order chi connectivity index (χ1) is 11.3. The number of fused-ring (bicyclic) bond motifs is 1. The van der Waals surface area contributed by atoms with Crippen LogP contribution in [0.2, 0.25) is 0 Å². The first-order valence-electron chi connectivity index (χ1n) is 8.96. The molecule has 1 aliphatic rings. The highest BCUT2D eigenvalue weighted by molar-refractivity contribution is 5.41. The van der Waals surface area contributed by atoms with E-state index in [4.69, 9.17) is 0 Å². The lowest BCUT2D eigenvalue weighted by Gasteiger charge is -2.32. The summed E-state index contributed by atoms with van der Waals surface area (Å²) in [5, 5.41) is 10.0. The molecule has 1 aliphatic carbocycles. The predicted octanol–water partition coefficient (Wildman–Crippen LogP) is 2.79. The van der Waals surface area contributed by atoms with Gasteiger partial charge < -0.3 is 10.0 Å². The summed E-state index contributed by atoms with van der Waals surface area (Å²) in [5.41, 5.74) is 3.98. The van der Waals surface area contributed by atoms with E-state index in [-0.39, 0.29) is 0 Å². The molecule has 2 nitrogen and oxygen atoms in total. The van der Waals surface area contributed by atoms with E-state index < -0.39 is 0 Å². The molecule has 0 radical (unpaired) electrons. The van der Waals surface area contributed by atoms with Crippen molar-refractivity contribution < 1.29 is 10.0 Å². The van der Waals surface area contributed by atoms with Gasteiger partial charge in [0.15, 0.2) is 0 Å². The van der Waals surface area contributed by atoms with Crippen molar-refractivity contribution in [2.75, 3.05) is 13.1 Å². The van der Waals surface area contributed by atoms with Crippen molar-refractivity contribution in [1.29, 1.82) is 0 Å². The van der Waals surface area contributed by atoms with Gasteiger partial charge >= 0.3 is 0 Å². The second kappa shape index (κ2) is 7.65. The largest absolute Gasteiger partial charge is 0.508 e. The fourth-order valence-electron chi connectivity index (χ4n) is 3.94. The average Bonchev–Trinajstić information content (AvgIpc) is 2.59. The summed E-state index contributed by atoms with van der Waals surface area (Å²) in [6.45, 7) is 4.73. The maximum atomic E-state index is 10.0. The van der Waals surface area contributed by atoms with Crippen molar-refractivity contribution in [2.24, 2.45) is 0 Å². The van der Waals surface area contributed by atoms with Crippen LogP contribution in [-0.2, 0) is 19.3 Å². The predicted molar refractivity (Wildman–Crippen MR) is 95.1 cm³/mol. The third-order valence-corrected chi connectivity index (χ3v) is 5.18. The minimum Gasteiger partial charge on any atom is -0.508 e. The lowest BCUT2D eigenvalue weighted by molar-refractivity contribution is -0.926. The Morgan fingerprint density at radius 3 is 2.65 bits per heavy atom. The second-order valence-corrected chi connectivity index (χ2v) is 6.75. The lowest BCUT2D eigenvalue weighted by atomic mass is 9.86. The van der Waals surface area contributed by atoms with Gasteiger partial charge in [0.1, 0.15) is 5.75 Å². The average molecular weight is 310 g/mol. The van der Waals surface area contributed by atoms with Crippen LogP contribution in [0.3, 0.4) is 0 Å². The topological polar surface area (TPSA) is 24.7 Å². The van der Waals surface area contributed by atoms with Gasteiger partial charge in [0.25, 0.3) is 0 Å². The molecule has 2 heteroatoms. The van der Waals surface area contributed by atoms with Gasteiger partial charge in [-0.2, -0.15) is 0 Å². The first-order valence-corrected chi connectivity index (χ1v) is 8.96. The molecule has 0 aromatic heterocycles. The van der Waals surface area contributed by atoms with Gasteiger partial charge in [-0.15, -0.1) is 0 Å². The number of quaternary nitrogens is 1. The van der Waals surface area contributed by atoms with Gasteiger partial charge in [-0.25, -0.2) is 0 Å². The Kier molecular flexibility index (Phi) is 5.35. The number of benzene rings is 2. The monoisotopic (exact) mass is 310 g/mol. The summed E-state index contributed by atoms with van der Waals surface area (Å²) >= 11 is 0. The van der Waals surface area contributed by atoms with Crippen molar-refractivity contribution in [3.8, 4) is 5.75 Å². The van der Waals surface area contributed by atoms with E-state index in [0.29, 0.717) is 11.8 Å². The Morgan fingerprint density at radius 1 is 1.04 bits per heavy atom. The fourth-order valence-corrected chi connectivity index (χ4v) is 3.94. The van der Waals surface area contributed by atoms with Gasteiger partial charge in [-0.3, -0.25) is 0 Å². The SMILES string of the molecule is CCC[NH+](CCc1ccccc1)[C@H]1CCc2c(O)cccc2C1. The van der Waals surface area contributed by atoms with Crippen LogP contribution >= 0.6 is 0 Å². The molecule has 1 unspecified atom stereocenters. The molecule has 23 heavy (non-hydrogen) atoms.